The van der Waals surface area contributed by atoms with Gasteiger partial charge >= 0.3 is 0 Å². The van der Waals surface area contributed by atoms with Crippen molar-refractivity contribution in [3.8, 4) is 0 Å². The monoisotopic (exact) mass is 200 g/mol. The first kappa shape index (κ1) is 12.0. The fourth-order valence-corrected chi connectivity index (χ4v) is 1.90. The second-order valence-corrected chi connectivity index (χ2v) is 4.37. The van der Waals surface area contributed by atoms with Gasteiger partial charge in [0.1, 0.15) is 0 Å². The molecule has 1 aliphatic heterocycles. The van der Waals surface area contributed by atoms with E-state index in [4.69, 9.17) is 0 Å². The molecule has 1 N–H and O–H groups in total. The number of likely N-dealkylation sites (tertiary alicyclic amines) is 1. The van der Waals surface area contributed by atoms with Crippen molar-refractivity contribution in [1.82, 2.24) is 9.80 Å². The Hall–Kier alpha value is -0.120. The quantitative estimate of drug-likeness (QED) is 0.686. The van der Waals surface area contributed by atoms with Crippen LogP contribution in [0.5, 0.6) is 0 Å². The molecule has 0 aromatic heterocycles. The molecule has 0 amide bonds. The first-order valence-electron chi connectivity index (χ1n) is 5.81. The van der Waals surface area contributed by atoms with Crippen molar-refractivity contribution >= 4 is 0 Å². The molecule has 0 saturated carbocycles. The zero-order valence-electron chi connectivity index (χ0n) is 9.58. The lowest BCUT2D eigenvalue weighted by Crippen LogP contribution is -2.35. The summed E-state index contributed by atoms with van der Waals surface area (Å²) >= 11 is 0. The van der Waals surface area contributed by atoms with E-state index < -0.39 is 0 Å². The molecule has 1 rings (SSSR count). The van der Waals surface area contributed by atoms with Crippen LogP contribution in [0.15, 0.2) is 0 Å². The molecule has 1 heterocycles. The highest BCUT2D eigenvalue weighted by Crippen LogP contribution is 2.06. The largest absolute Gasteiger partial charge is 0.392 e. The van der Waals surface area contributed by atoms with Crippen molar-refractivity contribution in [2.75, 3.05) is 39.8 Å². The average molecular weight is 200 g/mol. The van der Waals surface area contributed by atoms with E-state index >= 15 is 0 Å². The number of nitrogens with zero attached hydrogens (tertiary/aromatic N) is 2. The highest BCUT2D eigenvalue weighted by molar-refractivity contribution is 4.68. The molecule has 0 radical (unpaired) electrons. The highest BCUT2D eigenvalue weighted by Gasteiger charge is 2.12. The SMILES string of the molecule is CCC(O)CN(C)CCN1CCCC1. The zero-order chi connectivity index (χ0) is 10.4. The van der Waals surface area contributed by atoms with Crippen LogP contribution in [0, 0.1) is 0 Å². The Morgan fingerprint density at radius 2 is 2.00 bits per heavy atom. The minimum absolute atomic E-state index is 0.154. The summed E-state index contributed by atoms with van der Waals surface area (Å²) in [5, 5.41) is 9.47. The van der Waals surface area contributed by atoms with E-state index in [1.807, 2.05) is 6.92 Å². The summed E-state index contributed by atoms with van der Waals surface area (Å²) in [6.45, 7) is 7.61. The van der Waals surface area contributed by atoms with E-state index in [1.165, 1.54) is 25.9 Å². The maximum absolute atomic E-state index is 9.47. The lowest BCUT2D eigenvalue weighted by molar-refractivity contribution is 0.117. The summed E-state index contributed by atoms with van der Waals surface area (Å²) in [7, 11) is 2.09. The smallest absolute Gasteiger partial charge is 0.0664 e. The van der Waals surface area contributed by atoms with Crippen LogP contribution in [0.2, 0.25) is 0 Å². The molecule has 84 valence electrons. The summed E-state index contributed by atoms with van der Waals surface area (Å²) in [6.07, 6.45) is 3.43. The summed E-state index contributed by atoms with van der Waals surface area (Å²) in [6, 6.07) is 0. The van der Waals surface area contributed by atoms with Crippen LogP contribution < -0.4 is 0 Å². The van der Waals surface area contributed by atoms with Gasteiger partial charge in [0.2, 0.25) is 0 Å². The zero-order valence-corrected chi connectivity index (χ0v) is 9.58. The number of rotatable bonds is 6. The molecule has 0 aromatic rings. The van der Waals surface area contributed by atoms with Gasteiger partial charge in [0.25, 0.3) is 0 Å². The number of aliphatic hydroxyl groups is 1. The van der Waals surface area contributed by atoms with Crippen LogP contribution in [0.4, 0.5) is 0 Å². The predicted octanol–water partition coefficient (Wildman–Crippen LogP) is 0.785. The minimum Gasteiger partial charge on any atom is -0.392 e. The number of aliphatic hydroxyl groups excluding tert-OH is 1. The van der Waals surface area contributed by atoms with Gasteiger partial charge in [0.15, 0.2) is 0 Å². The summed E-state index contributed by atoms with van der Waals surface area (Å²) in [5.74, 6) is 0. The molecule has 1 aliphatic rings. The van der Waals surface area contributed by atoms with Crippen LogP contribution in [0.3, 0.4) is 0 Å². The summed E-state index contributed by atoms with van der Waals surface area (Å²) < 4.78 is 0. The fourth-order valence-electron chi connectivity index (χ4n) is 1.90. The molecular formula is C11H24N2O. The molecule has 0 spiro atoms. The predicted molar refractivity (Wildman–Crippen MR) is 59.5 cm³/mol. The summed E-state index contributed by atoms with van der Waals surface area (Å²) in [4.78, 5) is 4.74. The van der Waals surface area contributed by atoms with Crippen molar-refractivity contribution in [2.24, 2.45) is 0 Å². The van der Waals surface area contributed by atoms with E-state index in [1.54, 1.807) is 0 Å². The van der Waals surface area contributed by atoms with E-state index in [2.05, 4.69) is 16.8 Å². The van der Waals surface area contributed by atoms with Gasteiger partial charge < -0.3 is 14.9 Å². The Kier molecular flexibility index (Phi) is 5.45. The van der Waals surface area contributed by atoms with Gasteiger partial charge in [0.05, 0.1) is 6.10 Å². The van der Waals surface area contributed by atoms with E-state index in [0.717, 1.165) is 26.1 Å². The average Bonchev–Trinajstić information content (AvgIpc) is 2.67. The Morgan fingerprint density at radius 3 is 2.57 bits per heavy atom. The minimum atomic E-state index is -0.154. The van der Waals surface area contributed by atoms with Gasteiger partial charge in [-0.3, -0.25) is 0 Å². The molecule has 1 saturated heterocycles. The number of hydrogen-bond acceptors (Lipinski definition) is 3. The van der Waals surface area contributed by atoms with E-state index in [0.29, 0.717) is 0 Å². The molecule has 0 aromatic carbocycles. The molecule has 3 nitrogen and oxygen atoms in total. The van der Waals surface area contributed by atoms with Gasteiger partial charge in [-0.1, -0.05) is 6.92 Å². The first-order chi connectivity index (χ1) is 6.72. The lowest BCUT2D eigenvalue weighted by Gasteiger charge is -2.22. The third-order valence-corrected chi connectivity index (χ3v) is 2.99. The topological polar surface area (TPSA) is 26.7 Å². The van der Waals surface area contributed by atoms with Crippen LogP contribution in [0.25, 0.3) is 0 Å². The summed E-state index contributed by atoms with van der Waals surface area (Å²) in [5.41, 5.74) is 0. The molecule has 1 fully saturated rings. The standard InChI is InChI=1S/C11H24N2O/c1-3-11(14)10-12(2)8-9-13-6-4-5-7-13/h11,14H,3-10H2,1-2H3. The van der Waals surface area contributed by atoms with Crippen molar-refractivity contribution in [3.63, 3.8) is 0 Å². The number of hydrogen-bond donors (Lipinski definition) is 1. The number of likely N-dealkylation sites (N-methyl/N-ethyl adjacent to an activating group) is 1. The Bertz CT molecular complexity index is 146. The highest BCUT2D eigenvalue weighted by atomic mass is 16.3. The Morgan fingerprint density at radius 1 is 1.36 bits per heavy atom. The van der Waals surface area contributed by atoms with Crippen molar-refractivity contribution in [3.05, 3.63) is 0 Å². The molecule has 0 bridgehead atoms. The van der Waals surface area contributed by atoms with Crippen LogP contribution in [0.1, 0.15) is 26.2 Å². The van der Waals surface area contributed by atoms with E-state index in [9.17, 15) is 5.11 Å². The second kappa shape index (κ2) is 6.38. The van der Waals surface area contributed by atoms with Gasteiger partial charge in [0, 0.05) is 19.6 Å². The third-order valence-electron chi connectivity index (χ3n) is 2.99. The van der Waals surface area contributed by atoms with Crippen LogP contribution in [-0.4, -0.2) is 60.8 Å². The normalized spacial score (nSPS) is 20.6. The second-order valence-electron chi connectivity index (χ2n) is 4.37. The Balaban J connectivity index is 2.04. The van der Waals surface area contributed by atoms with Crippen LogP contribution >= 0.6 is 0 Å². The maximum atomic E-state index is 9.47. The molecule has 1 unspecified atom stereocenters. The molecular weight excluding hydrogens is 176 g/mol. The molecule has 14 heavy (non-hydrogen) atoms. The van der Waals surface area contributed by atoms with Gasteiger partial charge in [-0.05, 0) is 39.4 Å². The third kappa shape index (κ3) is 4.40. The fraction of sp³-hybridized carbons (Fsp3) is 1.00. The first-order valence-corrected chi connectivity index (χ1v) is 5.81. The van der Waals surface area contributed by atoms with Crippen molar-refractivity contribution in [1.29, 1.82) is 0 Å². The van der Waals surface area contributed by atoms with E-state index in [-0.39, 0.29) is 6.10 Å². The van der Waals surface area contributed by atoms with Crippen molar-refractivity contribution in [2.45, 2.75) is 32.3 Å². The van der Waals surface area contributed by atoms with Crippen molar-refractivity contribution < 1.29 is 5.11 Å². The van der Waals surface area contributed by atoms with Gasteiger partial charge in [-0.15, -0.1) is 0 Å². The molecule has 0 aliphatic carbocycles. The van der Waals surface area contributed by atoms with Gasteiger partial charge in [-0.25, -0.2) is 0 Å². The molecule has 3 heteroatoms. The maximum Gasteiger partial charge on any atom is 0.0664 e. The van der Waals surface area contributed by atoms with Gasteiger partial charge in [-0.2, -0.15) is 0 Å². The van der Waals surface area contributed by atoms with Crippen LogP contribution in [-0.2, 0) is 0 Å². The molecule has 1 atom stereocenters. The Labute approximate surface area is 87.7 Å². The lowest BCUT2D eigenvalue weighted by atomic mass is 10.2.